The average molecular weight is 335 g/mol. The summed E-state index contributed by atoms with van der Waals surface area (Å²) < 4.78 is 0. The summed E-state index contributed by atoms with van der Waals surface area (Å²) in [6.45, 7) is 2.52. The number of carbonyl (C=O) groups is 2. The molecule has 0 aromatic heterocycles. The number of nitrogens with zero attached hydrogens (tertiary/aromatic N) is 1. The van der Waals surface area contributed by atoms with Crippen molar-refractivity contribution in [1.82, 2.24) is 15.5 Å². The standard InChI is InChI=1S/C19H33N3O2/c23-18(16-5-4-6-16)20-12-9-15-10-13-22(14-11-15)19(24)21-17-7-2-1-3-8-17/h15-17H,1-14H2,(H,20,23)(H,21,24). The lowest BCUT2D eigenvalue weighted by Crippen LogP contribution is -2.48. The van der Waals surface area contributed by atoms with Crippen molar-refractivity contribution in [1.29, 1.82) is 0 Å². The Balaban J connectivity index is 1.28. The smallest absolute Gasteiger partial charge is 0.317 e. The first kappa shape index (κ1) is 17.6. The zero-order chi connectivity index (χ0) is 16.8. The van der Waals surface area contributed by atoms with Gasteiger partial charge in [0.25, 0.3) is 0 Å². The molecule has 0 radical (unpaired) electrons. The van der Waals surface area contributed by atoms with E-state index < -0.39 is 0 Å². The highest BCUT2D eigenvalue weighted by Gasteiger charge is 2.26. The van der Waals surface area contributed by atoms with Gasteiger partial charge in [0.05, 0.1) is 0 Å². The molecular formula is C19H33N3O2. The van der Waals surface area contributed by atoms with E-state index >= 15 is 0 Å². The zero-order valence-electron chi connectivity index (χ0n) is 14.9. The van der Waals surface area contributed by atoms with Crippen LogP contribution in [0, 0.1) is 11.8 Å². The van der Waals surface area contributed by atoms with Gasteiger partial charge in [-0.1, -0.05) is 25.7 Å². The van der Waals surface area contributed by atoms with Crippen LogP contribution in [0.3, 0.4) is 0 Å². The minimum absolute atomic E-state index is 0.138. The molecule has 24 heavy (non-hydrogen) atoms. The van der Waals surface area contributed by atoms with Crippen molar-refractivity contribution in [3.05, 3.63) is 0 Å². The van der Waals surface area contributed by atoms with Crippen molar-refractivity contribution < 1.29 is 9.59 Å². The van der Waals surface area contributed by atoms with E-state index in [4.69, 9.17) is 0 Å². The average Bonchev–Trinajstić information content (AvgIpc) is 2.55. The molecule has 5 nitrogen and oxygen atoms in total. The predicted octanol–water partition coefficient (Wildman–Crippen LogP) is 3.05. The number of piperidine rings is 1. The lowest BCUT2D eigenvalue weighted by molar-refractivity contribution is -0.127. The molecule has 1 heterocycles. The Morgan fingerprint density at radius 2 is 1.58 bits per heavy atom. The van der Waals surface area contributed by atoms with Crippen molar-refractivity contribution in [2.24, 2.45) is 11.8 Å². The first-order valence-electron chi connectivity index (χ1n) is 10.1. The molecule has 0 unspecified atom stereocenters. The highest BCUT2D eigenvalue weighted by atomic mass is 16.2. The van der Waals surface area contributed by atoms with E-state index in [0.717, 1.165) is 64.6 Å². The van der Waals surface area contributed by atoms with Gasteiger partial charge in [0, 0.05) is 31.6 Å². The summed E-state index contributed by atoms with van der Waals surface area (Å²) in [6, 6.07) is 0.532. The van der Waals surface area contributed by atoms with Crippen molar-refractivity contribution in [3.8, 4) is 0 Å². The number of carbonyl (C=O) groups excluding carboxylic acids is 2. The Morgan fingerprint density at radius 3 is 2.21 bits per heavy atom. The summed E-state index contributed by atoms with van der Waals surface area (Å²) in [4.78, 5) is 26.2. The minimum atomic E-state index is 0.138. The van der Waals surface area contributed by atoms with E-state index in [9.17, 15) is 9.59 Å². The van der Waals surface area contributed by atoms with Gasteiger partial charge in [0.2, 0.25) is 5.91 Å². The lowest BCUT2D eigenvalue weighted by Gasteiger charge is -2.34. The number of likely N-dealkylation sites (tertiary alicyclic amines) is 1. The van der Waals surface area contributed by atoms with E-state index in [1.807, 2.05) is 4.90 Å². The fourth-order valence-electron chi connectivity index (χ4n) is 4.15. The molecule has 0 spiro atoms. The highest BCUT2D eigenvalue weighted by molar-refractivity contribution is 5.79. The van der Waals surface area contributed by atoms with E-state index in [1.54, 1.807) is 0 Å². The maximum Gasteiger partial charge on any atom is 0.317 e. The number of rotatable bonds is 5. The maximum absolute atomic E-state index is 12.3. The van der Waals surface area contributed by atoms with Gasteiger partial charge in [0.15, 0.2) is 0 Å². The van der Waals surface area contributed by atoms with Crippen LogP contribution in [0.1, 0.15) is 70.6 Å². The van der Waals surface area contributed by atoms with Crippen molar-refractivity contribution in [3.63, 3.8) is 0 Å². The van der Waals surface area contributed by atoms with Crippen LogP contribution in [0.2, 0.25) is 0 Å². The molecule has 1 aliphatic heterocycles. The van der Waals surface area contributed by atoms with Gasteiger partial charge in [-0.2, -0.15) is 0 Å². The lowest BCUT2D eigenvalue weighted by atomic mass is 9.84. The summed E-state index contributed by atoms with van der Waals surface area (Å²) >= 11 is 0. The summed E-state index contributed by atoms with van der Waals surface area (Å²) in [5.74, 6) is 1.19. The van der Waals surface area contributed by atoms with E-state index in [2.05, 4.69) is 10.6 Å². The quantitative estimate of drug-likeness (QED) is 0.811. The predicted molar refractivity (Wildman–Crippen MR) is 94.7 cm³/mol. The topological polar surface area (TPSA) is 61.4 Å². The molecule has 3 rings (SSSR count). The Hall–Kier alpha value is -1.26. The van der Waals surface area contributed by atoms with Gasteiger partial charge in [0.1, 0.15) is 0 Å². The summed E-state index contributed by atoms with van der Waals surface area (Å²) in [6.07, 6.45) is 12.6. The van der Waals surface area contributed by atoms with Crippen LogP contribution in [0.25, 0.3) is 0 Å². The van der Waals surface area contributed by atoms with Crippen LogP contribution >= 0.6 is 0 Å². The minimum Gasteiger partial charge on any atom is -0.356 e. The maximum atomic E-state index is 12.3. The number of amides is 3. The van der Waals surface area contributed by atoms with Gasteiger partial charge in [-0.15, -0.1) is 0 Å². The van der Waals surface area contributed by atoms with Crippen molar-refractivity contribution in [2.75, 3.05) is 19.6 Å². The van der Waals surface area contributed by atoms with Crippen LogP contribution in [-0.2, 0) is 4.79 Å². The van der Waals surface area contributed by atoms with Crippen molar-refractivity contribution in [2.45, 2.75) is 76.7 Å². The number of nitrogens with one attached hydrogen (secondary N) is 2. The third kappa shape index (κ3) is 4.87. The third-order valence-electron chi connectivity index (χ3n) is 6.16. The van der Waals surface area contributed by atoms with Crippen LogP contribution in [0.5, 0.6) is 0 Å². The molecule has 3 fully saturated rings. The van der Waals surface area contributed by atoms with Crippen LogP contribution in [-0.4, -0.2) is 42.5 Å². The SMILES string of the molecule is O=C(NCCC1CCN(C(=O)NC2CCCCC2)CC1)C1CCC1. The summed E-state index contributed by atoms with van der Waals surface area (Å²) in [7, 11) is 0. The fourth-order valence-corrected chi connectivity index (χ4v) is 4.15. The van der Waals surface area contributed by atoms with Crippen molar-refractivity contribution >= 4 is 11.9 Å². The second-order valence-electron chi connectivity index (χ2n) is 7.92. The molecule has 0 bridgehead atoms. The fraction of sp³-hybridized carbons (Fsp3) is 0.895. The molecule has 3 amide bonds. The monoisotopic (exact) mass is 335 g/mol. The van der Waals surface area contributed by atoms with Gasteiger partial charge in [-0.05, 0) is 50.9 Å². The van der Waals surface area contributed by atoms with Gasteiger partial charge >= 0.3 is 6.03 Å². The molecule has 2 N–H and O–H groups in total. The largest absolute Gasteiger partial charge is 0.356 e. The first-order valence-corrected chi connectivity index (χ1v) is 10.1. The zero-order valence-corrected chi connectivity index (χ0v) is 14.9. The van der Waals surface area contributed by atoms with E-state index in [-0.39, 0.29) is 17.9 Å². The first-order chi connectivity index (χ1) is 11.7. The Labute approximate surface area is 145 Å². The molecular weight excluding hydrogens is 302 g/mol. The van der Waals surface area contributed by atoms with Gasteiger partial charge in [-0.25, -0.2) is 4.79 Å². The van der Waals surface area contributed by atoms with Gasteiger partial charge in [-0.3, -0.25) is 4.79 Å². The number of hydrogen-bond acceptors (Lipinski definition) is 2. The van der Waals surface area contributed by atoms with Crippen LogP contribution < -0.4 is 10.6 Å². The normalized spacial score (nSPS) is 23.6. The Morgan fingerprint density at radius 1 is 0.875 bits per heavy atom. The summed E-state index contributed by atoms with van der Waals surface area (Å²) in [5.41, 5.74) is 0. The molecule has 2 aliphatic carbocycles. The molecule has 1 saturated heterocycles. The van der Waals surface area contributed by atoms with Crippen LogP contribution in [0.4, 0.5) is 4.79 Å². The molecule has 3 aliphatic rings. The number of urea groups is 1. The second kappa shape index (κ2) is 8.72. The van der Waals surface area contributed by atoms with E-state index in [0.29, 0.717) is 12.0 Å². The van der Waals surface area contributed by atoms with Gasteiger partial charge < -0.3 is 15.5 Å². The molecule has 5 heteroatoms. The second-order valence-corrected chi connectivity index (χ2v) is 7.92. The third-order valence-corrected chi connectivity index (χ3v) is 6.16. The number of hydrogen-bond donors (Lipinski definition) is 2. The molecule has 0 aromatic carbocycles. The Bertz CT molecular complexity index is 422. The molecule has 2 saturated carbocycles. The molecule has 0 aromatic rings. The van der Waals surface area contributed by atoms with Crippen LogP contribution in [0.15, 0.2) is 0 Å². The summed E-state index contributed by atoms with van der Waals surface area (Å²) in [5, 5.41) is 6.31. The molecule has 136 valence electrons. The van der Waals surface area contributed by atoms with E-state index in [1.165, 1.54) is 25.7 Å². The highest BCUT2D eigenvalue weighted by Crippen LogP contribution is 2.26. The molecule has 0 atom stereocenters. The Kier molecular flexibility index (Phi) is 6.38.